The topological polar surface area (TPSA) is 181 Å². The van der Waals surface area contributed by atoms with Gasteiger partial charge in [0.1, 0.15) is 34.9 Å². The molecule has 64 heavy (non-hydrogen) atoms. The van der Waals surface area contributed by atoms with Crippen LogP contribution >= 0.6 is 0 Å². The molecule has 16 heteroatoms. The van der Waals surface area contributed by atoms with Gasteiger partial charge in [0.15, 0.2) is 0 Å². The number of imidazole rings is 2. The van der Waals surface area contributed by atoms with Gasteiger partial charge in [-0.05, 0) is 144 Å². The number of alkyl carbamates (subject to hydrolysis) is 2. The van der Waals surface area contributed by atoms with Gasteiger partial charge in [0, 0.05) is 13.1 Å². The van der Waals surface area contributed by atoms with Gasteiger partial charge in [-0.2, -0.15) is 0 Å². The summed E-state index contributed by atoms with van der Waals surface area (Å²) < 4.78 is 11.0. The van der Waals surface area contributed by atoms with Gasteiger partial charge in [-0.15, -0.1) is 0 Å². The number of ether oxygens (including phenoxy) is 2. The summed E-state index contributed by atoms with van der Waals surface area (Å²) in [6.07, 6.45) is 6.54. The lowest BCUT2D eigenvalue weighted by Crippen LogP contribution is -2.50. The third-order valence-corrected chi connectivity index (χ3v) is 11.3. The fourth-order valence-electron chi connectivity index (χ4n) is 8.21. The van der Waals surface area contributed by atoms with Crippen molar-refractivity contribution in [3.05, 3.63) is 72.6 Å². The highest BCUT2D eigenvalue weighted by atomic mass is 16.6. The Labute approximate surface area is 377 Å². The molecule has 4 atom stereocenters. The summed E-state index contributed by atoms with van der Waals surface area (Å²) in [7, 11) is 7.76. The van der Waals surface area contributed by atoms with Crippen LogP contribution in [0.3, 0.4) is 0 Å². The Bertz CT molecular complexity index is 2050. The van der Waals surface area contributed by atoms with E-state index in [2.05, 4.69) is 69.1 Å². The van der Waals surface area contributed by atoms with Crippen LogP contribution in [0.4, 0.5) is 9.59 Å². The van der Waals surface area contributed by atoms with Crippen LogP contribution in [0.2, 0.25) is 0 Å². The third kappa shape index (κ3) is 12.7. The number of aromatic amines is 2. The normalized spacial score (nSPS) is 17.8. The summed E-state index contributed by atoms with van der Waals surface area (Å²) in [6, 6.07) is 14.7. The van der Waals surface area contributed by atoms with Gasteiger partial charge in [-0.1, -0.05) is 48.5 Å². The molecule has 2 aromatic carbocycles. The molecule has 2 fully saturated rings. The molecule has 2 aliphatic rings. The van der Waals surface area contributed by atoms with E-state index in [1.54, 1.807) is 41.5 Å². The number of hydrogen-bond acceptors (Lipinski definition) is 10. The minimum atomic E-state index is -0.723. The van der Waals surface area contributed by atoms with E-state index in [0.29, 0.717) is 39.0 Å². The van der Waals surface area contributed by atoms with E-state index >= 15 is 0 Å². The molecule has 0 spiro atoms. The zero-order chi connectivity index (χ0) is 46.3. The zero-order valence-corrected chi connectivity index (χ0v) is 39.3. The highest BCUT2D eigenvalue weighted by Gasteiger charge is 2.38. The number of hydrogen-bond donors (Lipinski definition) is 4. The Balaban J connectivity index is 1.09. The number of benzene rings is 2. The maximum atomic E-state index is 14.0. The maximum Gasteiger partial charge on any atom is 0.408 e. The van der Waals surface area contributed by atoms with Gasteiger partial charge in [0.25, 0.3) is 0 Å². The van der Waals surface area contributed by atoms with E-state index in [4.69, 9.17) is 19.4 Å². The number of amides is 4. The van der Waals surface area contributed by atoms with Gasteiger partial charge in [0.2, 0.25) is 11.8 Å². The molecular weight excluding hydrogens is 813 g/mol. The van der Waals surface area contributed by atoms with Crippen molar-refractivity contribution in [2.75, 3.05) is 54.4 Å². The lowest BCUT2D eigenvalue weighted by Gasteiger charge is -2.30. The number of rotatable bonds is 15. The van der Waals surface area contributed by atoms with Crippen molar-refractivity contribution in [3.63, 3.8) is 0 Å². The summed E-state index contributed by atoms with van der Waals surface area (Å²) in [5.41, 5.74) is 4.40. The Morgan fingerprint density at radius 3 is 1.30 bits per heavy atom. The van der Waals surface area contributed by atoms with Gasteiger partial charge >= 0.3 is 12.2 Å². The molecule has 4 N–H and O–H groups in total. The summed E-state index contributed by atoms with van der Waals surface area (Å²) in [6.45, 7) is 13.2. The second kappa shape index (κ2) is 20.4. The summed E-state index contributed by atoms with van der Waals surface area (Å²) in [5.74, 6) is 1.16. The molecule has 2 saturated heterocycles. The van der Waals surface area contributed by atoms with Crippen LogP contribution < -0.4 is 10.6 Å². The summed E-state index contributed by atoms with van der Waals surface area (Å²) >= 11 is 0. The number of carbonyl (C=O) groups is 4. The molecule has 1 unspecified atom stereocenters. The average molecular weight is 881 g/mol. The molecule has 0 aliphatic carbocycles. The van der Waals surface area contributed by atoms with E-state index in [9.17, 15) is 19.2 Å². The van der Waals surface area contributed by atoms with Crippen LogP contribution in [0, 0.1) is 0 Å². The molecule has 2 aromatic heterocycles. The maximum absolute atomic E-state index is 14.0. The molecule has 4 heterocycles. The number of aromatic nitrogens is 4. The van der Waals surface area contributed by atoms with Crippen LogP contribution in [0.5, 0.6) is 0 Å². The molecule has 0 bridgehead atoms. The Morgan fingerprint density at radius 1 is 0.625 bits per heavy atom. The lowest BCUT2D eigenvalue weighted by molar-refractivity contribution is -0.135. The fourth-order valence-corrected chi connectivity index (χ4v) is 8.21. The van der Waals surface area contributed by atoms with Crippen molar-refractivity contribution in [2.45, 2.75) is 115 Å². The number of carbonyl (C=O) groups excluding carboxylic acids is 4. The molecule has 4 amide bonds. The largest absolute Gasteiger partial charge is 0.444 e. The second-order valence-electron chi connectivity index (χ2n) is 19.5. The summed E-state index contributed by atoms with van der Waals surface area (Å²) in [4.78, 5) is 77.4. The molecule has 0 saturated carbocycles. The van der Waals surface area contributed by atoms with Crippen molar-refractivity contribution in [1.29, 1.82) is 0 Å². The van der Waals surface area contributed by atoms with Gasteiger partial charge in [0.05, 0.1) is 35.9 Å². The molecule has 0 radical (unpaired) electrons. The molecule has 16 nitrogen and oxygen atoms in total. The second-order valence-corrected chi connectivity index (χ2v) is 19.5. The SMILES string of the molecule is CN(C)CCC(NC(=O)OC(C)(C)C)C(=O)N1CCC[C@H]1c1ncc(-c2ccc(-c3ccc(-c4cnc([C@@H]5CCCN5C(=O)[C@H](CCN(C)C)NC(=O)OC(C)(C)C)[nH]4)cc3)cc2)[nH]1. The van der Waals surface area contributed by atoms with Gasteiger partial charge in [-0.3, -0.25) is 9.59 Å². The highest BCUT2D eigenvalue weighted by Crippen LogP contribution is 2.35. The van der Waals surface area contributed by atoms with Crippen LogP contribution in [0.25, 0.3) is 33.6 Å². The van der Waals surface area contributed by atoms with Crippen molar-refractivity contribution in [3.8, 4) is 33.6 Å². The summed E-state index contributed by atoms with van der Waals surface area (Å²) in [5, 5.41) is 5.67. The minimum Gasteiger partial charge on any atom is -0.444 e. The van der Waals surface area contributed by atoms with Crippen molar-refractivity contribution in [2.24, 2.45) is 0 Å². The van der Waals surface area contributed by atoms with E-state index in [0.717, 1.165) is 71.0 Å². The predicted octanol–water partition coefficient (Wildman–Crippen LogP) is 7.15. The van der Waals surface area contributed by atoms with E-state index in [1.807, 2.05) is 60.2 Å². The first-order chi connectivity index (χ1) is 30.2. The average Bonchev–Trinajstić information content (AvgIpc) is 4.06. The van der Waals surface area contributed by atoms with E-state index < -0.39 is 35.5 Å². The number of H-pyrrole nitrogens is 2. The Hall–Kier alpha value is -5.74. The van der Waals surface area contributed by atoms with Crippen LogP contribution in [0.15, 0.2) is 60.9 Å². The van der Waals surface area contributed by atoms with Crippen LogP contribution in [0.1, 0.15) is 104 Å². The quantitative estimate of drug-likeness (QED) is 0.0958. The van der Waals surface area contributed by atoms with Crippen molar-refractivity contribution >= 4 is 24.0 Å². The van der Waals surface area contributed by atoms with E-state index in [-0.39, 0.29) is 23.9 Å². The molecule has 4 aromatic rings. The number of nitrogens with one attached hydrogen (secondary N) is 4. The standard InChI is InChI=1S/C48H68N10O6/c1-47(2,3)63-45(61)53-35(23-27-55(7)8)43(59)57-25-11-13-39(57)41-49-29-37(51-41)33-19-15-31(16-20-33)32-17-21-34(22-18-32)38-30-50-42(52-38)40-14-12-26-58(40)44(60)36(24-28-56(9)10)54-46(62)64-48(4,5)6/h15-22,29-30,35-36,39-40H,11-14,23-28H2,1-10H3,(H,49,51)(H,50,52)(H,53,61)(H,54,62)/t35-,36?,39-,40-/m0/s1. The number of nitrogens with zero attached hydrogens (tertiary/aromatic N) is 6. The molecular formula is C48H68N10O6. The van der Waals surface area contributed by atoms with Crippen molar-refractivity contribution in [1.82, 2.24) is 50.2 Å². The van der Waals surface area contributed by atoms with Gasteiger partial charge < -0.3 is 49.7 Å². The predicted molar refractivity (Wildman–Crippen MR) is 247 cm³/mol. The molecule has 346 valence electrons. The van der Waals surface area contributed by atoms with Crippen molar-refractivity contribution < 1.29 is 28.7 Å². The smallest absolute Gasteiger partial charge is 0.408 e. The zero-order valence-electron chi connectivity index (χ0n) is 39.3. The number of likely N-dealkylation sites (tertiary alicyclic amines) is 2. The monoisotopic (exact) mass is 881 g/mol. The van der Waals surface area contributed by atoms with Crippen LogP contribution in [-0.4, -0.2) is 141 Å². The first kappa shape index (κ1) is 47.7. The molecule has 6 rings (SSSR count). The fraction of sp³-hybridized carbons (Fsp3) is 0.542. The first-order valence-electron chi connectivity index (χ1n) is 22.4. The Kier molecular flexibility index (Phi) is 15.2. The molecule has 2 aliphatic heterocycles. The third-order valence-electron chi connectivity index (χ3n) is 11.3. The van der Waals surface area contributed by atoms with Gasteiger partial charge in [-0.25, -0.2) is 19.6 Å². The lowest BCUT2D eigenvalue weighted by atomic mass is 10.0. The van der Waals surface area contributed by atoms with Crippen LogP contribution in [-0.2, 0) is 19.1 Å². The first-order valence-corrected chi connectivity index (χ1v) is 22.4. The minimum absolute atomic E-state index is 0.140. The highest BCUT2D eigenvalue weighted by molar-refractivity contribution is 5.87. The Morgan fingerprint density at radius 2 is 0.969 bits per heavy atom. The van der Waals surface area contributed by atoms with E-state index in [1.165, 1.54) is 0 Å².